The average molecular weight is 244 g/mol. The summed E-state index contributed by atoms with van der Waals surface area (Å²) >= 11 is 0. The summed E-state index contributed by atoms with van der Waals surface area (Å²) in [6.45, 7) is 8.14. The van der Waals surface area contributed by atoms with Crippen molar-refractivity contribution in [3.8, 4) is 0 Å². The Morgan fingerprint density at radius 1 is 1.39 bits per heavy atom. The molecule has 0 aromatic heterocycles. The summed E-state index contributed by atoms with van der Waals surface area (Å²) in [5.74, 6) is 0.151. The van der Waals surface area contributed by atoms with Gasteiger partial charge in [0.15, 0.2) is 0 Å². The number of esters is 1. The molecule has 1 aromatic rings. The molecule has 0 aliphatic heterocycles. The van der Waals surface area contributed by atoms with E-state index >= 15 is 0 Å². The first kappa shape index (κ1) is 14.2. The molecule has 1 unspecified atom stereocenters. The Kier molecular flexibility index (Phi) is 5.92. The highest BCUT2D eigenvalue weighted by molar-refractivity contribution is 5.89. The zero-order valence-corrected chi connectivity index (χ0v) is 11.1. The first-order valence-corrected chi connectivity index (χ1v) is 6.14. The van der Waals surface area contributed by atoms with Crippen LogP contribution in [-0.4, -0.2) is 12.6 Å². The zero-order chi connectivity index (χ0) is 13.4. The van der Waals surface area contributed by atoms with Crippen LogP contribution in [-0.2, 0) is 4.74 Å². The molecular weight excluding hydrogens is 224 g/mol. The monoisotopic (exact) mass is 244 g/mol. The van der Waals surface area contributed by atoms with E-state index < -0.39 is 0 Å². The van der Waals surface area contributed by atoms with Crippen molar-refractivity contribution in [1.29, 1.82) is 0 Å². The standard InChI is InChI=1S/C16H20O2/c1-4-8-13(2)11-14(3)12-18-16(17)15-9-6-5-7-10-15/h4-7,9-11,13H,1,8,12H2,2-3H3/b14-11+. The van der Waals surface area contributed by atoms with E-state index in [2.05, 4.69) is 19.6 Å². The van der Waals surface area contributed by atoms with Crippen LogP contribution in [0.1, 0.15) is 30.6 Å². The quantitative estimate of drug-likeness (QED) is 0.558. The maximum atomic E-state index is 11.7. The van der Waals surface area contributed by atoms with Gasteiger partial charge in [-0.1, -0.05) is 37.3 Å². The third kappa shape index (κ3) is 5.00. The summed E-state index contributed by atoms with van der Waals surface area (Å²) in [7, 11) is 0. The fourth-order valence-corrected chi connectivity index (χ4v) is 1.70. The minimum atomic E-state index is -0.278. The van der Waals surface area contributed by atoms with Crippen molar-refractivity contribution in [2.24, 2.45) is 5.92 Å². The predicted octanol–water partition coefficient (Wildman–Crippen LogP) is 4.00. The maximum Gasteiger partial charge on any atom is 0.338 e. The van der Waals surface area contributed by atoms with Gasteiger partial charge in [-0.05, 0) is 37.0 Å². The van der Waals surface area contributed by atoms with Crippen molar-refractivity contribution in [2.75, 3.05) is 6.61 Å². The second-order valence-electron chi connectivity index (χ2n) is 4.46. The maximum absolute atomic E-state index is 11.7. The second kappa shape index (κ2) is 7.49. The van der Waals surface area contributed by atoms with Crippen molar-refractivity contribution in [3.63, 3.8) is 0 Å². The molecule has 18 heavy (non-hydrogen) atoms. The summed E-state index contributed by atoms with van der Waals surface area (Å²) in [6, 6.07) is 9.03. The Morgan fingerprint density at radius 2 is 2.06 bits per heavy atom. The van der Waals surface area contributed by atoms with E-state index in [9.17, 15) is 4.79 Å². The number of carbonyl (C=O) groups excluding carboxylic acids is 1. The summed E-state index contributed by atoms with van der Waals surface area (Å²) in [5, 5.41) is 0. The van der Waals surface area contributed by atoms with Gasteiger partial charge < -0.3 is 4.74 Å². The smallest absolute Gasteiger partial charge is 0.338 e. The van der Waals surface area contributed by atoms with Gasteiger partial charge >= 0.3 is 5.97 Å². The molecule has 0 fully saturated rings. The minimum Gasteiger partial charge on any atom is -0.458 e. The summed E-state index contributed by atoms with van der Waals surface area (Å²) in [5.41, 5.74) is 1.65. The van der Waals surface area contributed by atoms with Crippen LogP contribution >= 0.6 is 0 Å². The molecule has 0 spiro atoms. The Balaban J connectivity index is 2.46. The van der Waals surface area contributed by atoms with Crippen LogP contribution in [0.2, 0.25) is 0 Å². The molecule has 0 aliphatic rings. The number of hydrogen-bond donors (Lipinski definition) is 0. The van der Waals surface area contributed by atoms with Gasteiger partial charge in [-0.3, -0.25) is 0 Å². The second-order valence-corrected chi connectivity index (χ2v) is 4.46. The van der Waals surface area contributed by atoms with Gasteiger partial charge in [0.2, 0.25) is 0 Å². The topological polar surface area (TPSA) is 26.3 Å². The van der Waals surface area contributed by atoms with E-state index in [0.717, 1.165) is 12.0 Å². The third-order valence-corrected chi connectivity index (χ3v) is 2.55. The van der Waals surface area contributed by atoms with Crippen LogP contribution in [0, 0.1) is 5.92 Å². The lowest BCUT2D eigenvalue weighted by molar-refractivity contribution is 0.0539. The molecule has 0 heterocycles. The number of rotatable bonds is 6. The van der Waals surface area contributed by atoms with Crippen LogP contribution in [0.5, 0.6) is 0 Å². The van der Waals surface area contributed by atoms with E-state index in [1.165, 1.54) is 0 Å². The highest BCUT2D eigenvalue weighted by atomic mass is 16.5. The molecule has 0 amide bonds. The summed E-state index contributed by atoms with van der Waals surface area (Å²) < 4.78 is 5.24. The van der Waals surface area contributed by atoms with Crippen LogP contribution in [0.3, 0.4) is 0 Å². The molecule has 0 aliphatic carbocycles. The van der Waals surface area contributed by atoms with Gasteiger partial charge in [-0.2, -0.15) is 0 Å². The third-order valence-electron chi connectivity index (χ3n) is 2.55. The fourth-order valence-electron chi connectivity index (χ4n) is 1.70. The van der Waals surface area contributed by atoms with Crippen LogP contribution < -0.4 is 0 Å². The molecule has 0 saturated carbocycles. The fraction of sp³-hybridized carbons (Fsp3) is 0.312. The molecule has 1 atom stereocenters. The lowest BCUT2D eigenvalue weighted by atomic mass is 10.1. The SMILES string of the molecule is C=CCC(C)/C=C(\C)COC(=O)c1ccccc1. The van der Waals surface area contributed by atoms with E-state index in [1.807, 2.05) is 31.2 Å². The molecule has 1 aromatic carbocycles. The Morgan fingerprint density at radius 3 is 2.67 bits per heavy atom. The Labute approximate surface area is 109 Å². The molecule has 0 N–H and O–H groups in total. The highest BCUT2D eigenvalue weighted by Crippen LogP contribution is 2.09. The summed E-state index contributed by atoms with van der Waals surface area (Å²) in [6.07, 6.45) is 4.94. The lowest BCUT2D eigenvalue weighted by Crippen LogP contribution is -2.07. The molecule has 0 saturated heterocycles. The molecule has 0 radical (unpaired) electrons. The number of benzene rings is 1. The van der Waals surface area contributed by atoms with Crippen LogP contribution in [0.15, 0.2) is 54.6 Å². The van der Waals surface area contributed by atoms with Crippen molar-refractivity contribution < 1.29 is 9.53 Å². The van der Waals surface area contributed by atoms with Gasteiger partial charge in [0.05, 0.1) is 5.56 Å². The van der Waals surface area contributed by atoms with Crippen molar-refractivity contribution >= 4 is 5.97 Å². The predicted molar refractivity (Wildman–Crippen MR) is 74.5 cm³/mol. The van der Waals surface area contributed by atoms with Gasteiger partial charge in [0.1, 0.15) is 6.61 Å². The molecule has 2 nitrogen and oxygen atoms in total. The number of carbonyl (C=O) groups is 1. The Hall–Kier alpha value is -1.83. The van der Waals surface area contributed by atoms with Crippen molar-refractivity contribution in [1.82, 2.24) is 0 Å². The van der Waals surface area contributed by atoms with Crippen molar-refractivity contribution in [3.05, 3.63) is 60.2 Å². The molecule has 0 bridgehead atoms. The number of hydrogen-bond acceptors (Lipinski definition) is 2. The largest absolute Gasteiger partial charge is 0.458 e. The number of ether oxygens (including phenoxy) is 1. The lowest BCUT2D eigenvalue weighted by Gasteiger charge is -2.07. The first-order chi connectivity index (χ1) is 8.63. The zero-order valence-electron chi connectivity index (χ0n) is 11.1. The minimum absolute atomic E-state index is 0.278. The van der Waals surface area contributed by atoms with Crippen LogP contribution in [0.4, 0.5) is 0 Å². The molecule has 1 rings (SSSR count). The first-order valence-electron chi connectivity index (χ1n) is 6.14. The Bertz CT molecular complexity index is 418. The highest BCUT2D eigenvalue weighted by Gasteiger charge is 2.06. The van der Waals surface area contributed by atoms with Crippen LogP contribution in [0.25, 0.3) is 0 Å². The van der Waals surface area contributed by atoms with E-state index in [1.54, 1.807) is 12.1 Å². The van der Waals surface area contributed by atoms with E-state index in [-0.39, 0.29) is 5.97 Å². The average Bonchev–Trinajstić information content (AvgIpc) is 2.37. The molecular formula is C16H20O2. The summed E-state index contributed by atoms with van der Waals surface area (Å²) in [4.78, 5) is 11.7. The normalized spacial score (nSPS) is 12.9. The molecule has 2 heteroatoms. The number of allylic oxidation sites excluding steroid dienone is 2. The molecule has 96 valence electrons. The van der Waals surface area contributed by atoms with E-state index in [0.29, 0.717) is 18.1 Å². The van der Waals surface area contributed by atoms with Gasteiger partial charge in [-0.15, -0.1) is 6.58 Å². The van der Waals surface area contributed by atoms with Gasteiger partial charge in [-0.25, -0.2) is 4.79 Å². The van der Waals surface area contributed by atoms with Gasteiger partial charge in [0.25, 0.3) is 0 Å². The van der Waals surface area contributed by atoms with Gasteiger partial charge in [0, 0.05) is 0 Å². The van der Waals surface area contributed by atoms with Crippen molar-refractivity contribution in [2.45, 2.75) is 20.3 Å². The van der Waals surface area contributed by atoms with E-state index in [4.69, 9.17) is 4.74 Å².